The first-order chi connectivity index (χ1) is 9.78. The molecule has 2 N–H and O–H groups in total. The Morgan fingerprint density at radius 3 is 2.70 bits per heavy atom. The van der Waals surface area contributed by atoms with Crippen LogP contribution in [0.4, 0.5) is 0 Å². The minimum Gasteiger partial charge on any atom is -0.492 e. The quantitative estimate of drug-likeness (QED) is 0.798. The molecule has 0 amide bonds. The molecule has 1 aromatic heterocycles. The molecule has 0 saturated carbocycles. The molecule has 0 bridgehead atoms. The van der Waals surface area contributed by atoms with E-state index in [4.69, 9.17) is 26.6 Å². The Kier molecular flexibility index (Phi) is 3.58. The van der Waals surface area contributed by atoms with E-state index in [9.17, 15) is 0 Å². The number of aromatic nitrogens is 1. The standard InChI is InChI=1S/C15H13ClN2O2/c16-11-3-1-10(2-4-11)15-13-6-5-12(19-8-7-17)9-14(13)20-18-15/h1-6,9H,7-8,17H2. The normalized spacial score (nSPS) is 10.9. The van der Waals surface area contributed by atoms with Gasteiger partial charge in [-0.25, -0.2) is 0 Å². The summed E-state index contributed by atoms with van der Waals surface area (Å²) in [6.45, 7) is 0.953. The van der Waals surface area contributed by atoms with Gasteiger partial charge in [0.05, 0.1) is 0 Å². The molecule has 0 atom stereocenters. The van der Waals surface area contributed by atoms with Crippen LogP contribution in [0.25, 0.3) is 22.2 Å². The summed E-state index contributed by atoms with van der Waals surface area (Å²) >= 11 is 5.89. The van der Waals surface area contributed by atoms with Gasteiger partial charge in [-0.3, -0.25) is 0 Å². The zero-order chi connectivity index (χ0) is 13.9. The van der Waals surface area contributed by atoms with Crippen LogP contribution in [0.15, 0.2) is 47.0 Å². The van der Waals surface area contributed by atoms with Crippen LogP contribution in [0.3, 0.4) is 0 Å². The van der Waals surface area contributed by atoms with Crippen LogP contribution < -0.4 is 10.5 Å². The maximum absolute atomic E-state index is 5.89. The summed E-state index contributed by atoms with van der Waals surface area (Å²) in [5, 5.41) is 5.75. The molecule has 0 aliphatic rings. The number of nitrogens with zero attached hydrogens (tertiary/aromatic N) is 1. The lowest BCUT2D eigenvalue weighted by Gasteiger charge is -2.03. The van der Waals surface area contributed by atoms with Crippen molar-refractivity contribution in [1.82, 2.24) is 5.16 Å². The number of rotatable bonds is 4. The SMILES string of the molecule is NCCOc1ccc2c(-c3ccc(Cl)cc3)noc2c1. The van der Waals surface area contributed by atoms with E-state index in [2.05, 4.69) is 5.16 Å². The van der Waals surface area contributed by atoms with Crippen LogP contribution in [0.2, 0.25) is 5.02 Å². The second kappa shape index (κ2) is 5.53. The predicted molar refractivity (Wildman–Crippen MR) is 79.0 cm³/mol. The van der Waals surface area contributed by atoms with Gasteiger partial charge in [0, 0.05) is 28.6 Å². The average molecular weight is 289 g/mol. The lowest BCUT2D eigenvalue weighted by atomic mass is 10.1. The molecule has 0 aliphatic heterocycles. The van der Waals surface area contributed by atoms with Crippen LogP contribution >= 0.6 is 11.6 Å². The third-order valence-corrected chi connectivity index (χ3v) is 3.20. The fraction of sp³-hybridized carbons (Fsp3) is 0.133. The van der Waals surface area contributed by atoms with E-state index in [-0.39, 0.29) is 0 Å². The fourth-order valence-electron chi connectivity index (χ4n) is 2.00. The van der Waals surface area contributed by atoms with Crippen molar-refractivity contribution in [3.05, 3.63) is 47.5 Å². The van der Waals surface area contributed by atoms with Crippen molar-refractivity contribution in [3.8, 4) is 17.0 Å². The van der Waals surface area contributed by atoms with Gasteiger partial charge in [0.15, 0.2) is 5.58 Å². The Labute approximate surface area is 121 Å². The molecule has 0 spiro atoms. The third-order valence-electron chi connectivity index (χ3n) is 2.95. The Morgan fingerprint density at radius 2 is 1.95 bits per heavy atom. The van der Waals surface area contributed by atoms with Crippen LogP contribution in [0.5, 0.6) is 5.75 Å². The molecule has 102 valence electrons. The Hall–Kier alpha value is -2.04. The van der Waals surface area contributed by atoms with Crippen LogP contribution in [-0.2, 0) is 0 Å². The molecule has 0 radical (unpaired) electrons. The highest BCUT2D eigenvalue weighted by molar-refractivity contribution is 6.30. The molecule has 0 aliphatic carbocycles. The third kappa shape index (κ3) is 2.48. The van der Waals surface area contributed by atoms with Gasteiger partial charge in [0.1, 0.15) is 18.1 Å². The zero-order valence-electron chi connectivity index (χ0n) is 10.7. The van der Waals surface area contributed by atoms with Crippen LogP contribution in [0.1, 0.15) is 0 Å². The summed E-state index contributed by atoms with van der Waals surface area (Å²) in [5.74, 6) is 0.724. The van der Waals surface area contributed by atoms with E-state index < -0.39 is 0 Å². The van der Waals surface area contributed by atoms with Crippen molar-refractivity contribution < 1.29 is 9.26 Å². The van der Waals surface area contributed by atoms with Crippen molar-refractivity contribution in [2.45, 2.75) is 0 Å². The van der Waals surface area contributed by atoms with Crippen molar-refractivity contribution in [3.63, 3.8) is 0 Å². The first-order valence-corrected chi connectivity index (χ1v) is 6.64. The van der Waals surface area contributed by atoms with Gasteiger partial charge in [-0.2, -0.15) is 0 Å². The minimum atomic E-state index is 0.476. The highest BCUT2D eigenvalue weighted by atomic mass is 35.5. The van der Waals surface area contributed by atoms with Gasteiger partial charge in [0.25, 0.3) is 0 Å². The number of hydrogen-bond donors (Lipinski definition) is 1. The number of nitrogens with two attached hydrogens (primary N) is 1. The van der Waals surface area contributed by atoms with Gasteiger partial charge in [0.2, 0.25) is 0 Å². The molecule has 0 fully saturated rings. The molecule has 3 aromatic rings. The van der Waals surface area contributed by atoms with Crippen LogP contribution in [-0.4, -0.2) is 18.3 Å². The second-order valence-electron chi connectivity index (χ2n) is 4.33. The molecule has 0 unspecified atom stereocenters. The summed E-state index contributed by atoms with van der Waals surface area (Å²) in [7, 11) is 0. The highest BCUT2D eigenvalue weighted by Gasteiger charge is 2.11. The van der Waals surface area contributed by atoms with E-state index >= 15 is 0 Å². The maximum Gasteiger partial charge on any atom is 0.171 e. The molecule has 2 aromatic carbocycles. The molecular formula is C15H13ClN2O2. The van der Waals surface area contributed by atoms with Crippen molar-refractivity contribution in [2.24, 2.45) is 5.73 Å². The summed E-state index contributed by atoms with van der Waals surface area (Å²) in [5.41, 5.74) is 7.85. The van der Waals surface area contributed by atoms with Gasteiger partial charge in [-0.1, -0.05) is 28.9 Å². The van der Waals surface area contributed by atoms with E-state index in [1.54, 1.807) is 0 Å². The summed E-state index contributed by atoms with van der Waals surface area (Å²) in [4.78, 5) is 0. The molecular weight excluding hydrogens is 276 g/mol. The Balaban J connectivity index is 1.99. The van der Waals surface area contributed by atoms with E-state index in [0.717, 1.165) is 22.4 Å². The molecule has 4 nitrogen and oxygen atoms in total. The topological polar surface area (TPSA) is 61.3 Å². The van der Waals surface area contributed by atoms with E-state index in [1.807, 2.05) is 42.5 Å². The van der Waals surface area contributed by atoms with Gasteiger partial charge in [-0.05, 0) is 24.3 Å². The summed E-state index contributed by atoms with van der Waals surface area (Å²) < 4.78 is 10.8. The smallest absolute Gasteiger partial charge is 0.171 e. The number of ether oxygens (including phenoxy) is 1. The maximum atomic E-state index is 5.89. The number of fused-ring (bicyclic) bond motifs is 1. The molecule has 5 heteroatoms. The Bertz CT molecular complexity index is 722. The van der Waals surface area contributed by atoms with Crippen LogP contribution in [0, 0.1) is 0 Å². The molecule has 3 rings (SSSR count). The second-order valence-corrected chi connectivity index (χ2v) is 4.77. The number of hydrogen-bond acceptors (Lipinski definition) is 4. The number of halogens is 1. The van der Waals surface area contributed by atoms with Gasteiger partial charge >= 0.3 is 0 Å². The highest BCUT2D eigenvalue weighted by Crippen LogP contribution is 2.30. The first kappa shape index (κ1) is 13.0. The summed E-state index contributed by atoms with van der Waals surface area (Å²) in [6, 6.07) is 13.1. The summed E-state index contributed by atoms with van der Waals surface area (Å²) in [6.07, 6.45) is 0. The van der Waals surface area contributed by atoms with Crippen molar-refractivity contribution in [2.75, 3.05) is 13.2 Å². The largest absolute Gasteiger partial charge is 0.492 e. The van der Waals surface area contributed by atoms with Crippen molar-refractivity contribution >= 4 is 22.6 Å². The fourth-order valence-corrected chi connectivity index (χ4v) is 2.13. The lowest BCUT2D eigenvalue weighted by Crippen LogP contribution is -2.10. The molecule has 1 heterocycles. The minimum absolute atomic E-state index is 0.476. The predicted octanol–water partition coefficient (Wildman–Crippen LogP) is 3.49. The van der Waals surface area contributed by atoms with Gasteiger partial charge < -0.3 is 15.0 Å². The average Bonchev–Trinajstić information content (AvgIpc) is 2.89. The van der Waals surface area contributed by atoms with E-state index in [1.165, 1.54) is 0 Å². The zero-order valence-corrected chi connectivity index (χ0v) is 11.4. The monoisotopic (exact) mass is 288 g/mol. The lowest BCUT2D eigenvalue weighted by molar-refractivity contribution is 0.328. The first-order valence-electron chi connectivity index (χ1n) is 6.26. The number of benzene rings is 2. The van der Waals surface area contributed by atoms with Gasteiger partial charge in [-0.15, -0.1) is 0 Å². The van der Waals surface area contributed by atoms with Crippen molar-refractivity contribution in [1.29, 1.82) is 0 Å². The molecule has 0 saturated heterocycles. The Morgan fingerprint density at radius 1 is 1.15 bits per heavy atom. The van der Waals surface area contributed by atoms with E-state index in [0.29, 0.717) is 23.8 Å². The molecule has 20 heavy (non-hydrogen) atoms.